The lowest BCUT2D eigenvalue weighted by molar-refractivity contribution is 0.753. The topological polar surface area (TPSA) is 38.9 Å². The SMILES string of the molecule is Cc1ncsc1/C=C(\CN)C(C)C. The molecule has 0 aliphatic carbocycles. The summed E-state index contributed by atoms with van der Waals surface area (Å²) in [5, 5.41) is 0. The second-order valence-electron chi connectivity index (χ2n) is 3.38. The molecule has 0 spiro atoms. The van der Waals surface area contributed by atoms with Gasteiger partial charge in [-0.2, -0.15) is 0 Å². The van der Waals surface area contributed by atoms with Gasteiger partial charge in [0.2, 0.25) is 0 Å². The molecule has 0 atom stereocenters. The molecule has 0 aliphatic heterocycles. The molecule has 0 unspecified atom stereocenters. The second kappa shape index (κ2) is 4.53. The minimum Gasteiger partial charge on any atom is -0.327 e. The number of aromatic nitrogens is 1. The Labute approximate surface area is 83.5 Å². The number of hydrogen-bond acceptors (Lipinski definition) is 3. The lowest BCUT2D eigenvalue weighted by Gasteiger charge is -2.07. The lowest BCUT2D eigenvalue weighted by Crippen LogP contribution is -2.07. The Morgan fingerprint density at radius 1 is 1.69 bits per heavy atom. The molecule has 0 radical (unpaired) electrons. The average molecular weight is 196 g/mol. The van der Waals surface area contributed by atoms with E-state index in [0.717, 1.165) is 5.69 Å². The maximum absolute atomic E-state index is 5.66. The van der Waals surface area contributed by atoms with Crippen molar-refractivity contribution >= 4 is 17.4 Å². The highest BCUT2D eigenvalue weighted by molar-refractivity contribution is 7.10. The zero-order valence-corrected chi connectivity index (χ0v) is 9.19. The minimum absolute atomic E-state index is 0.520. The van der Waals surface area contributed by atoms with Crippen LogP contribution in [0.4, 0.5) is 0 Å². The largest absolute Gasteiger partial charge is 0.327 e. The molecule has 2 nitrogen and oxygen atoms in total. The molecule has 0 saturated carbocycles. The van der Waals surface area contributed by atoms with Gasteiger partial charge in [0, 0.05) is 11.4 Å². The Morgan fingerprint density at radius 2 is 2.38 bits per heavy atom. The van der Waals surface area contributed by atoms with Crippen molar-refractivity contribution in [3.8, 4) is 0 Å². The van der Waals surface area contributed by atoms with Crippen LogP contribution in [0.1, 0.15) is 24.4 Å². The van der Waals surface area contributed by atoms with Gasteiger partial charge < -0.3 is 5.73 Å². The summed E-state index contributed by atoms with van der Waals surface area (Å²) in [6.45, 7) is 6.98. The average Bonchev–Trinajstić information content (AvgIpc) is 2.46. The molecule has 13 heavy (non-hydrogen) atoms. The summed E-state index contributed by atoms with van der Waals surface area (Å²) < 4.78 is 0. The molecule has 0 aromatic carbocycles. The van der Waals surface area contributed by atoms with Crippen molar-refractivity contribution in [1.82, 2.24) is 4.98 Å². The van der Waals surface area contributed by atoms with Crippen molar-refractivity contribution in [3.05, 3.63) is 21.7 Å². The molecule has 0 fully saturated rings. The number of nitrogens with two attached hydrogens (primary N) is 1. The molecule has 3 heteroatoms. The molecule has 0 bridgehead atoms. The first kappa shape index (κ1) is 10.4. The second-order valence-corrected chi connectivity index (χ2v) is 4.27. The van der Waals surface area contributed by atoms with E-state index in [1.165, 1.54) is 10.5 Å². The summed E-state index contributed by atoms with van der Waals surface area (Å²) in [6.07, 6.45) is 2.16. The fraction of sp³-hybridized carbons (Fsp3) is 0.500. The van der Waals surface area contributed by atoms with Crippen LogP contribution in [-0.2, 0) is 0 Å². The summed E-state index contributed by atoms with van der Waals surface area (Å²) >= 11 is 1.67. The Morgan fingerprint density at radius 3 is 2.77 bits per heavy atom. The third-order valence-corrected chi connectivity index (χ3v) is 2.95. The van der Waals surface area contributed by atoms with E-state index >= 15 is 0 Å². The van der Waals surface area contributed by atoms with Crippen LogP contribution in [0.15, 0.2) is 11.1 Å². The van der Waals surface area contributed by atoms with Crippen molar-refractivity contribution in [2.45, 2.75) is 20.8 Å². The van der Waals surface area contributed by atoms with Crippen molar-refractivity contribution < 1.29 is 0 Å². The van der Waals surface area contributed by atoms with E-state index < -0.39 is 0 Å². The number of thiazole rings is 1. The predicted molar refractivity (Wildman–Crippen MR) is 58.7 cm³/mol. The summed E-state index contributed by atoms with van der Waals surface area (Å²) in [7, 11) is 0. The van der Waals surface area contributed by atoms with Gasteiger partial charge in [-0.15, -0.1) is 11.3 Å². The summed E-state index contributed by atoms with van der Waals surface area (Å²) in [5.41, 5.74) is 9.91. The van der Waals surface area contributed by atoms with Crippen LogP contribution >= 0.6 is 11.3 Å². The van der Waals surface area contributed by atoms with Gasteiger partial charge in [-0.25, -0.2) is 4.98 Å². The van der Waals surface area contributed by atoms with E-state index in [2.05, 4.69) is 24.9 Å². The molecular weight excluding hydrogens is 180 g/mol. The summed E-state index contributed by atoms with van der Waals surface area (Å²) in [6, 6.07) is 0. The van der Waals surface area contributed by atoms with E-state index in [-0.39, 0.29) is 0 Å². The highest BCUT2D eigenvalue weighted by Crippen LogP contribution is 2.19. The van der Waals surface area contributed by atoms with Crippen LogP contribution in [-0.4, -0.2) is 11.5 Å². The Balaban J connectivity index is 2.91. The smallest absolute Gasteiger partial charge is 0.0801 e. The molecule has 1 rings (SSSR count). The van der Waals surface area contributed by atoms with E-state index in [9.17, 15) is 0 Å². The standard InChI is InChI=1S/C10H16N2S/c1-7(2)9(5-11)4-10-8(3)12-6-13-10/h4,6-7H,5,11H2,1-3H3/b9-4+. The molecule has 0 saturated heterocycles. The Hall–Kier alpha value is -0.670. The zero-order valence-electron chi connectivity index (χ0n) is 8.37. The third kappa shape index (κ3) is 2.64. The minimum atomic E-state index is 0.520. The van der Waals surface area contributed by atoms with Crippen LogP contribution in [0.3, 0.4) is 0 Å². The Kier molecular flexibility index (Phi) is 3.63. The first-order valence-corrected chi connectivity index (χ1v) is 5.33. The maximum Gasteiger partial charge on any atom is 0.0801 e. The van der Waals surface area contributed by atoms with Crippen molar-refractivity contribution in [1.29, 1.82) is 0 Å². The molecule has 0 amide bonds. The normalized spacial score (nSPS) is 12.5. The zero-order chi connectivity index (χ0) is 9.84. The molecule has 0 aliphatic rings. The van der Waals surface area contributed by atoms with Crippen LogP contribution in [0.25, 0.3) is 6.08 Å². The Bertz CT molecular complexity index is 300. The molecular formula is C10H16N2S. The van der Waals surface area contributed by atoms with Gasteiger partial charge in [0.05, 0.1) is 11.2 Å². The number of nitrogens with zero attached hydrogens (tertiary/aromatic N) is 1. The first-order chi connectivity index (χ1) is 6.15. The maximum atomic E-state index is 5.66. The van der Waals surface area contributed by atoms with Crippen molar-refractivity contribution in [2.24, 2.45) is 11.7 Å². The quantitative estimate of drug-likeness (QED) is 0.806. The van der Waals surface area contributed by atoms with Gasteiger partial charge in [-0.1, -0.05) is 19.4 Å². The molecule has 1 aromatic heterocycles. The fourth-order valence-corrected chi connectivity index (χ4v) is 1.85. The van der Waals surface area contributed by atoms with Crippen LogP contribution in [0, 0.1) is 12.8 Å². The monoisotopic (exact) mass is 196 g/mol. The van der Waals surface area contributed by atoms with Crippen molar-refractivity contribution in [3.63, 3.8) is 0 Å². The number of hydrogen-bond donors (Lipinski definition) is 1. The van der Waals surface area contributed by atoms with Gasteiger partial charge >= 0.3 is 0 Å². The van der Waals surface area contributed by atoms with Crippen LogP contribution < -0.4 is 5.73 Å². The van der Waals surface area contributed by atoms with Gasteiger partial charge in [0.1, 0.15) is 0 Å². The number of rotatable bonds is 3. The highest BCUT2D eigenvalue weighted by Gasteiger charge is 2.03. The van der Waals surface area contributed by atoms with Gasteiger partial charge in [-0.05, 0) is 18.9 Å². The molecule has 1 aromatic rings. The summed E-state index contributed by atoms with van der Waals surface area (Å²) in [4.78, 5) is 5.43. The first-order valence-electron chi connectivity index (χ1n) is 4.45. The van der Waals surface area contributed by atoms with Gasteiger partial charge in [0.15, 0.2) is 0 Å². The van der Waals surface area contributed by atoms with Crippen LogP contribution in [0.5, 0.6) is 0 Å². The van der Waals surface area contributed by atoms with E-state index in [4.69, 9.17) is 5.73 Å². The van der Waals surface area contributed by atoms with Gasteiger partial charge in [-0.3, -0.25) is 0 Å². The lowest BCUT2D eigenvalue weighted by atomic mass is 10.0. The highest BCUT2D eigenvalue weighted by atomic mass is 32.1. The fourth-order valence-electron chi connectivity index (χ4n) is 1.08. The van der Waals surface area contributed by atoms with Crippen LogP contribution in [0.2, 0.25) is 0 Å². The van der Waals surface area contributed by atoms with Gasteiger partial charge in [0.25, 0.3) is 0 Å². The van der Waals surface area contributed by atoms with E-state index in [1.54, 1.807) is 11.3 Å². The summed E-state index contributed by atoms with van der Waals surface area (Å²) in [5.74, 6) is 0.520. The van der Waals surface area contributed by atoms with Crippen molar-refractivity contribution in [2.75, 3.05) is 6.54 Å². The predicted octanol–water partition coefficient (Wildman–Crippen LogP) is 2.45. The van der Waals surface area contributed by atoms with E-state index in [1.807, 2.05) is 12.4 Å². The van der Waals surface area contributed by atoms with E-state index in [0.29, 0.717) is 12.5 Å². The number of aryl methyl sites for hydroxylation is 1. The third-order valence-electron chi connectivity index (χ3n) is 2.08. The molecule has 1 heterocycles. The molecule has 72 valence electrons. The molecule has 2 N–H and O–H groups in total.